The Balaban J connectivity index is 3.28. The Morgan fingerprint density at radius 2 is 1.28 bits per heavy atom. The van der Waals surface area contributed by atoms with E-state index in [4.69, 9.17) is 9.47 Å². The Morgan fingerprint density at radius 1 is 0.722 bits per heavy atom. The zero-order valence-corrected chi connectivity index (χ0v) is 11.7. The third-order valence-electron chi connectivity index (χ3n) is 2.49. The van der Waals surface area contributed by atoms with E-state index in [0.717, 1.165) is 38.5 Å². The van der Waals surface area contributed by atoms with Gasteiger partial charge in [0.1, 0.15) is 0 Å². The van der Waals surface area contributed by atoms with Crippen LogP contribution in [0.1, 0.15) is 65.2 Å². The lowest BCUT2D eigenvalue weighted by Crippen LogP contribution is -2.06. The highest BCUT2D eigenvalue weighted by Crippen LogP contribution is 2.05. The maximum Gasteiger partial charge on any atom is 0.305 e. The molecule has 0 aliphatic heterocycles. The lowest BCUT2D eigenvalue weighted by atomic mass is 10.1. The van der Waals surface area contributed by atoms with Crippen molar-refractivity contribution >= 4 is 11.9 Å². The van der Waals surface area contributed by atoms with E-state index < -0.39 is 0 Å². The fourth-order valence-corrected chi connectivity index (χ4v) is 1.41. The van der Waals surface area contributed by atoms with Crippen molar-refractivity contribution in [2.75, 3.05) is 13.2 Å². The van der Waals surface area contributed by atoms with Gasteiger partial charge in [-0.1, -0.05) is 26.7 Å². The van der Waals surface area contributed by atoms with Crippen LogP contribution in [0.2, 0.25) is 0 Å². The van der Waals surface area contributed by atoms with Crippen molar-refractivity contribution in [3.05, 3.63) is 0 Å². The van der Waals surface area contributed by atoms with Gasteiger partial charge in [-0.05, 0) is 25.7 Å². The Kier molecular flexibility index (Phi) is 11.7. The second-order valence-electron chi connectivity index (χ2n) is 4.36. The molecule has 0 saturated heterocycles. The van der Waals surface area contributed by atoms with Crippen LogP contribution >= 0.6 is 0 Å². The molecule has 0 bridgehead atoms. The second kappa shape index (κ2) is 12.4. The van der Waals surface area contributed by atoms with Gasteiger partial charge in [0.25, 0.3) is 0 Å². The van der Waals surface area contributed by atoms with Gasteiger partial charge in [0, 0.05) is 12.8 Å². The van der Waals surface area contributed by atoms with Gasteiger partial charge in [-0.2, -0.15) is 0 Å². The van der Waals surface area contributed by atoms with Gasteiger partial charge in [0.2, 0.25) is 0 Å². The van der Waals surface area contributed by atoms with Crippen molar-refractivity contribution in [2.24, 2.45) is 0 Å². The quantitative estimate of drug-likeness (QED) is 0.422. The summed E-state index contributed by atoms with van der Waals surface area (Å²) in [6, 6.07) is 0. The third-order valence-corrected chi connectivity index (χ3v) is 2.49. The van der Waals surface area contributed by atoms with Crippen LogP contribution in [0.3, 0.4) is 0 Å². The molecule has 0 aromatic heterocycles. The molecule has 4 heteroatoms. The molecule has 0 aliphatic carbocycles. The van der Waals surface area contributed by atoms with E-state index in [0.29, 0.717) is 26.1 Å². The number of unbranched alkanes of at least 4 members (excludes halogenated alkanes) is 3. The summed E-state index contributed by atoms with van der Waals surface area (Å²) in [7, 11) is 0. The highest BCUT2D eigenvalue weighted by atomic mass is 16.5. The second-order valence-corrected chi connectivity index (χ2v) is 4.36. The zero-order valence-electron chi connectivity index (χ0n) is 11.7. The topological polar surface area (TPSA) is 52.6 Å². The highest BCUT2D eigenvalue weighted by molar-refractivity contribution is 5.69. The first kappa shape index (κ1) is 16.9. The smallest absolute Gasteiger partial charge is 0.305 e. The maximum atomic E-state index is 11.2. The normalized spacial score (nSPS) is 10.1. The fraction of sp³-hybridized carbons (Fsp3) is 0.857. The molecule has 0 radical (unpaired) electrons. The lowest BCUT2D eigenvalue weighted by molar-refractivity contribution is -0.144. The van der Waals surface area contributed by atoms with E-state index >= 15 is 0 Å². The molecule has 0 amide bonds. The first-order valence-electron chi connectivity index (χ1n) is 7.02. The number of hydrogen-bond donors (Lipinski definition) is 0. The molecule has 0 saturated carbocycles. The van der Waals surface area contributed by atoms with Crippen molar-refractivity contribution in [3.8, 4) is 0 Å². The first-order valence-corrected chi connectivity index (χ1v) is 7.02. The van der Waals surface area contributed by atoms with Crippen LogP contribution in [0.5, 0.6) is 0 Å². The summed E-state index contributed by atoms with van der Waals surface area (Å²) in [5, 5.41) is 0. The molecule has 0 rings (SSSR count). The van der Waals surface area contributed by atoms with Gasteiger partial charge in [0.15, 0.2) is 0 Å². The van der Waals surface area contributed by atoms with E-state index in [2.05, 4.69) is 6.92 Å². The number of rotatable bonds is 11. The molecule has 0 unspecified atom stereocenters. The van der Waals surface area contributed by atoms with E-state index in [-0.39, 0.29) is 11.9 Å². The zero-order chi connectivity index (χ0) is 13.6. The van der Waals surface area contributed by atoms with Crippen molar-refractivity contribution < 1.29 is 19.1 Å². The van der Waals surface area contributed by atoms with E-state index in [9.17, 15) is 9.59 Å². The molecule has 18 heavy (non-hydrogen) atoms. The fourth-order valence-electron chi connectivity index (χ4n) is 1.41. The minimum Gasteiger partial charge on any atom is -0.466 e. The summed E-state index contributed by atoms with van der Waals surface area (Å²) in [6.07, 6.45) is 6.15. The summed E-state index contributed by atoms with van der Waals surface area (Å²) >= 11 is 0. The summed E-state index contributed by atoms with van der Waals surface area (Å²) in [6.45, 7) is 5.06. The maximum absolute atomic E-state index is 11.2. The summed E-state index contributed by atoms with van der Waals surface area (Å²) in [5.41, 5.74) is 0. The van der Waals surface area contributed by atoms with Gasteiger partial charge >= 0.3 is 11.9 Å². The van der Waals surface area contributed by atoms with Crippen LogP contribution < -0.4 is 0 Å². The molecular weight excluding hydrogens is 232 g/mol. The number of carbonyl (C=O) groups excluding carboxylic acids is 2. The molecular formula is C14H26O4. The number of hydrogen-bond acceptors (Lipinski definition) is 4. The van der Waals surface area contributed by atoms with Crippen LogP contribution in [-0.4, -0.2) is 25.2 Å². The minimum absolute atomic E-state index is 0.128. The minimum atomic E-state index is -0.137. The molecule has 0 fully saturated rings. The largest absolute Gasteiger partial charge is 0.466 e. The predicted octanol–water partition coefficient (Wildman–Crippen LogP) is 3.23. The standard InChI is InChI=1S/C14H26O4/c1-3-5-12-18-14(16)10-8-6-7-9-13(15)17-11-4-2/h3-12H2,1-2H3. The van der Waals surface area contributed by atoms with Gasteiger partial charge < -0.3 is 9.47 Å². The Bertz CT molecular complexity index is 226. The lowest BCUT2D eigenvalue weighted by Gasteiger charge is -2.04. The van der Waals surface area contributed by atoms with Crippen molar-refractivity contribution in [2.45, 2.75) is 65.2 Å². The highest BCUT2D eigenvalue weighted by Gasteiger charge is 2.04. The first-order chi connectivity index (χ1) is 8.70. The van der Waals surface area contributed by atoms with Gasteiger partial charge in [0.05, 0.1) is 13.2 Å². The van der Waals surface area contributed by atoms with Crippen molar-refractivity contribution in [1.29, 1.82) is 0 Å². The molecule has 0 heterocycles. The molecule has 0 aromatic rings. The van der Waals surface area contributed by atoms with E-state index in [1.165, 1.54) is 0 Å². The van der Waals surface area contributed by atoms with Crippen LogP contribution in [0.15, 0.2) is 0 Å². The van der Waals surface area contributed by atoms with Gasteiger partial charge in [-0.3, -0.25) is 9.59 Å². The Morgan fingerprint density at radius 3 is 1.78 bits per heavy atom. The average molecular weight is 258 g/mol. The predicted molar refractivity (Wildman–Crippen MR) is 70.2 cm³/mol. The monoisotopic (exact) mass is 258 g/mol. The SMILES string of the molecule is CCCCOC(=O)CCCCCC(=O)OCCC. The molecule has 0 N–H and O–H groups in total. The summed E-state index contributed by atoms with van der Waals surface area (Å²) < 4.78 is 9.99. The molecule has 4 nitrogen and oxygen atoms in total. The third kappa shape index (κ3) is 11.4. The summed E-state index contributed by atoms with van der Waals surface area (Å²) in [4.78, 5) is 22.4. The number of ether oxygens (including phenoxy) is 2. The molecule has 0 aromatic carbocycles. The number of carbonyl (C=O) groups is 2. The summed E-state index contributed by atoms with van der Waals surface area (Å²) in [5.74, 6) is -0.264. The van der Waals surface area contributed by atoms with E-state index in [1.54, 1.807) is 0 Å². The van der Waals surface area contributed by atoms with Crippen molar-refractivity contribution in [3.63, 3.8) is 0 Å². The van der Waals surface area contributed by atoms with Crippen LogP contribution in [0.4, 0.5) is 0 Å². The van der Waals surface area contributed by atoms with Crippen LogP contribution in [-0.2, 0) is 19.1 Å². The van der Waals surface area contributed by atoms with Crippen LogP contribution in [0, 0.1) is 0 Å². The molecule has 0 spiro atoms. The van der Waals surface area contributed by atoms with Gasteiger partial charge in [-0.15, -0.1) is 0 Å². The van der Waals surface area contributed by atoms with Gasteiger partial charge in [-0.25, -0.2) is 0 Å². The Labute approximate surface area is 110 Å². The number of esters is 2. The van der Waals surface area contributed by atoms with Crippen molar-refractivity contribution in [1.82, 2.24) is 0 Å². The van der Waals surface area contributed by atoms with Crippen LogP contribution in [0.25, 0.3) is 0 Å². The van der Waals surface area contributed by atoms with E-state index in [1.807, 2.05) is 6.92 Å². The average Bonchev–Trinajstić information content (AvgIpc) is 2.36. The molecule has 0 atom stereocenters. The Hall–Kier alpha value is -1.06. The molecule has 0 aliphatic rings. The molecule has 106 valence electrons.